The van der Waals surface area contributed by atoms with Gasteiger partial charge in [0.2, 0.25) is 0 Å². The number of rotatable bonds is 4. The normalized spacial score (nSPS) is 24.0. The lowest BCUT2D eigenvalue weighted by molar-refractivity contribution is 0.527. The van der Waals surface area contributed by atoms with E-state index in [-0.39, 0.29) is 11.3 Å². The molecule has 6 heteroatoms. The van der Waals surface area contributed by atoms with Crippen LogP contribution in [0.2, 0.25) is 0 Å². The van der Waals surface area contributed by atoms with Crippen LogP contribution in [0, 0.1) is 6.92 Å². The highest BCUT2D eigenvalue weighted by Crippen LogP contribution is 2.20. The van der Waals surface area contributed by atoms with E-state index in [9.17, 15) is 8.42 Å². The largest absolute Gasteiger partial charge is 0.307 e. The number of nitrogens with one attached hydrogen (secondary N) is 1. The Labute approximate surface area is 108 Å². The van der Waals surface area contributed by atoms with Crippen LogP contribution in [0.5, 0.6) is 0 Å². The van der Waals surface area contributed by atoms with E-state index in [4.69, 9.17) is 0 Å². The molecule has 2 unspecified atom stereocenters. The lowest BCUT2D eigenvalue weighted by atomic mass is 10.1. The van der Waals surface area contributed by atoms with E-state index in [0.717, 1.165) is 24.2 Å². The zero-order valence-corrected chi connectivity index (χ0v) is 11.6. The summed E-state index contributed by atoms with van der Waals surface area (Å²) >= 11 is 0. The van der Waals surface area contributed by atoms with Gasteiger partial charge in [-0.15, -0.1) is 0 Å². The van der Waals surface area contributed by atoms with Gasteiger partial charge in [0.1, 0.15) is 0 Å². The van der Waals surface area contributed by atoms with E-state index in [0.29, 0.717) is 12.3 Å². The van der Waals surface area contributed by atoms with Crippen molar-refractivity contribution in [3.05, 3.63) is 23.8 Å². The van der Waals surface area contributed by atoms with E-state index < -0.39 is 9.84 Å². The van der Waals surface area contributed by atoms with Crippen molar-refractivity contribution in [1.29, 1.82) is 0 Å². The van der Waals surface area contributed by atoms with Crippen LogP contribution >= 0.6 is 0 Å². The van der Waals surface area contributed by atoms with Gasteiger partial charge in [-0.2, -0.15) is 0 Å². The van der Waals surface area contributed by atoms with Gasteiger partial charge in [-0.1, -0.05) is 0 Å². The standard InChI is InChI=1S/C12H19N3O2S/c1-9-12(14-6-5-13-9)10(2)15-8-11-4-3-7-18(11,16)17/h5-6,10-11,15H,3-4,7-8H2,1-2H3. The minimum Gasteiger partial charge on any atom is -0.307 e. The summed E-state index contributed by atoms with van der Waals surface area (Å²) in [5, 5.41) is 3.02. The van der Waals surface area contributed by atoms with Crippen LogP contribution in [0.25, 0.3) is 0 Å². The Bertz CT molecular complexity index is 516. The lowest BCUT2D eigenvalue weighted by Crippen LogP contribution is -2.32. The van der Waals surface area contributed by atoms with Gasteiger partial charge in [-0.3, -0.25) is 9.97 Å². The maximum absolute atomic E-state index is 11.7. The third-order valence-corrected chi connectivity index (χ3v) is 5.72. The molecule has 0 bridgehead atoms. The molecule has 18 heavy (non-hydrogen) atoms. The molecule has 1 N–H and O–H groups in total. The third-order valence-electron chi connectivity index (χ3n) is 3.44. The summed E-state index contributed by atoms with van der Waals surface area (Å²) in [6.45, 7) is 4.39. The number of aryl methyl sites for hydroxylation is 1. The molecule has 1 saturated heterocycles. The average molecular weight is 269 g/mol. The van der Waals surface area contributed by atoms with Crippen molar-refractivity contribution in [2.45, 2.75) is 38.0 Å². The molecule has 1 aromatic heterocycles. The Hall–Kier alpha value is -1.01. The van der Waals surface area contributed by atoms with E-state index >= 15 is 0 Å². The molecular formula is C12H19N3O2S. The van der Waals surface area contributed by atoms with Gasteiger partial charge in [0.05, 0.1) is 22.4 Å². The van der Waals surface area contributed by atoms with E-state index in [1.807, 2.05) is 13.8 Å². The van der Waals surface area contributed by atoms with Gasteiger partial charge in [0, 0.05) is 25.0 Å². The Balaban J connectivity index is 1.97. The SMILES string of the molecule is Cc1nccnc1C(C)NCC1CCCS1(=O)=O. The molecule has 5 nitrogen and oxygen atoms in total. The second-order valence-electron chi connectivity index (χ2n) is 4.79. The zero-order chi connectivity index (χ0) is 13.2. The minimum atomic E-state index is -2.87. The summed E-state index contributed by atoms with van der Waals surface area (Å²) in [6, 6.07) is 0.0227. The maximum Gasteiger partial charge on any atom is 0.154 e. The molecule has 0 saturated carbocycles. The highest BCUT2D eigenvalue weighted by atomic mass is 32.2. The van der Waals surface area contributed by atoms with E-state index in [1.165, 1.54) is 0 Å². The molecule has 0 spiro atoms. The van der Waals surface area contributed by atoms with Crippen LogP contribution in [0.1, 0.15) is 37.2 Å². The quantitative estimate of drug-likeness (QED) is 0.883. The Kier molecular flexibility index (Phi) is 3.97. The highest BCUT2D eigenvalue weighted by Gasteiger charge is 2.31. The predicted octanol–water partition coefficient (Wildman–Crippen LogP) is 1.01. The van der Waals surface area contributed by atoms with Crippen molar-refractivity contribution < 1.29 is 8.42 Å². The molecule has 0 aliphatic carbocycles. The fourth-order valence-electron chi connectivity index (χ4n) is 2.34. The Morgan fingerprint density at radius 2 is 2.17 bits per heavy atom. The van der Waals surface area contributed by atoms with Gasteiger partial charge in [0.25, 0.3) is 0 Å². The number of hydrogen-bond acceptors (Lipinski definition) is 5. The van der Waals surface area contributed by atoms with Crippen LogP contribution in [-0.2, 0) is 9.84 Å². The molecule has 2 rings (SSSR count). The first-order chi connectivity index (χ1) is 8.50. The van der Waals surface area contributed by atoms with Gasteiger partial charge < -0.3 is 5.32 Å². The topological polar surface area (TPSA) is 72.0 Å². The summed E-state index contributed by atoms with van der Waals surface area (Å²) in [5.41, 5.74) is 1.76. The minimum absolute atomic E-state index is 0.0227. The Morgan fingerprint density at radius 1 is 1.44 bits per heavy atom. The fraction of sp³-hybridized carbons (Fsp3) is 0.667. The van der Waals surface area contributed by atoms with Crippen LogP contribution in [0.15, 0.2) is 12.4 Å². The molecule has 2 heterocycles. The summed E-state index contributed by atoms with van der Waals surface area (Å²) in [5.74, 6) is 0.331. The van der Waals surface area contributed by atoms with Crippen molar-refractivity contribution >= 4 is 9.84 Å². The highest BCUT2D eigenvalue weighted by molar-refractivity contribution is 7.92. The van der Waals surface area contributed by atoms with Gasteiger partial charge in [-0.25, -0.2) is 8.42 Å². The summed E-state index contributed by atoms with van der Waals surface area (Å²) < 4.78 is 23.4. The molecule has 0 aromatic carbocycles. The second kappa shape index (κ2) is 5.32. The molecule has 1 aliphatic heterocycles. The molecule has 1 fully saturated rings. The Morgan fingerprint density at radius 3 is 2.78 bits per heavy atom. The smallest absolute Gasteiger partial charge is 0.154 e. The molecule has 1 aliphatic rings. The van der Waals surface area contributed by atoms with Crippen LogP contribution in [0.4, 0.5) is 0 Å². The van der Waals surface area contributed by atoms with E-state index in [2.05, 4.69) is 15.3 Å². The van der Waals surface area contributed by atoms with Crippen molar-refractivity contribution in [1.82, 2.24) is 15.3 Å². The summed E-state index contributed by atoms with van der Waals surface area (Å²) in [7, 11) is -2.87. The number of sulfone groups is 1. The summed E-state index contributed by atoms with van der Waals surface area (Å²) in [6.07, 6.45) is 4.87. The van der Waals surface area contributed by atoms with Crippen LogP contribution in [0.3, 0.4) is 0 Å². The molecule has 2 atom stereocenters. The number of nitrogens with zero attached hydrogens (tertiary/aromatic N) is 2. The van der Waals surface area contributed by atoms with Crippen LogP contribution in [-0.4, -0.2) is 35.9 Å². The maximum atomic E-state index is 11.7. The monoisotopic (exact) mass is 269 g/mol. The molecule has 0 amide bonds. The summed E-state index contributed by atoms with van der Waals surface area (Å²) in [4.78, 5) is 8.47. The first-order valence-corrected chi connectivity index (χ1v) is 7.94. The molecule has 0 radical (unpaired) electrons. The fourth-order valence-corrected chi connectivity index (χ4v) is 4.11. The zero-order valence-electron chi connectivity index (χ0n) is 10.8. The van der Waals surface area contributed by atoms with Crippen LogP contribution < -0.4 is 5.32 Å². The number of aromatic nitrogens is 2. The van der Waals surface area contributed by atoms with Gasteiger partial charge >= 0.3 is 0 Å². The predicted molar refractivity (Wildman–Crippen MR) is 70.0 cm³/mol. The molecule has 100 valence electrons. The lowest BCUT2D eigenvalue weighted by Gasteiger charge is -2.17. The van der Waals surface area contributed by atoms with Gasteiger partial charge in [-0.05, 0) is 26.7 Å². The van der Waals surface area contributed by atoms with E-state index in [1.54, 1.807) is 12.4 Å². The molecule has 1 aromatic rings. The first-order valence-electron chi connectivity index (χ1n) is 6.23. The third kappa shape index (κ3) is 2.87. The van der Waals surface area contributed by atoms with Crippen molar-refractivity contribution in [3.63, 3.8) is 0 Å². The first kappa shape index (κ1) is 13.4. The average Bonchev–Trinajstić information content (AvgIpc) is 2.66. The number of hydrogen-bond donors (Lipinski definition) is 1. The van der Waals surface area contributed by atoms with Crippen molar-refractivity contribution in [2.75, 3.05) is 12.3 Å². The van der Waals surface area contributed by atoms with Crippen molar-refractivity contribution in [3.8, 4) is 0 Å². The van der Waals surface area contributed by atoms with Crippen molar-refractivity contribution in [2.24, 2.45) is 0 Å². The van der Waals surface area contributed by atoms with Gasteiger partial charge in [0.15, 0.2) is 9.84 Å². The second-order valence-corrected chi connectivity index (χ2v) is 7.19. The molecular weight excluding hydrogens is 250 g/mol.